The second-order valence-electron chi connectivity index (χ2n) is 10.1. The number of aliphatic carboxylic acids is 1. The predicted molar refractivity (Wildman–Crippen MR) is 157 cm³/mol. The minimum absolute atomic E-state index is 0.221. The van der Waals surface area contributed by atoms with Crippen LogP contribution in [0.5, 0.6) is 11.6 Å². The average Bonchev–Trinajstić information content (AvgIpc) is 3.46. The highest BCUT2D eigenvalue weighted by Crippen LogP contribution is 2.31. The van der Waals surface area contributed by atoms with Crippen molar-refractivity contribution in [2.45, 2.75) is 38.8 Å². The number of likely N-dealkylation sites (tertiary alicyclic amines) is 1. The molecule has 3 aromatic heterocycles. The van der Waals surface area contributed by atoms with Crippen LogP contribution in [0.3, 0.4) is 0 Å². The molecule has 5 rings (SSSR count). The highest BCUT2D eigenvalue weighted by atomic mass is 35.5. The first-order chi connectivity index (χ1) is 19.9. The van der Waals surface area contributed by atoms with Crippen LogP contribution in [0.1, 0.15) is 31.2 Å². The second-order valence-corrected chi connectivity index (χ2v) is 11.0. The van der Waals surface area contributed by atoms with Crippen molar-refractivity contribution in [3.63, 3.8) is 0 Å². The number of nitrogens with one attached hydrogen (secondary N) is 1. The van der Waals surface area contributed by atoms with Gasteiger partial charge in [0.15, 0.2) is 5.75 Å². The Bertz CT molecular complexity index is 1420. The lowest BCUT2D eigenvalue weighted by atomic mass is 9.93. The summed E-state index contributed by atoms with van der Waals surface area (Å²) in [5.74, 6) is 0.869. The van der Waals surface area contributed by atoms with Crippen LogP contribution < -0.4 is 10.1 Å². The van der Waals surface area contributed by atoms with Crippen LogP contribution in [0.2, 0.25) is 10.0 Å². The largest absolute Gasteiger partial charge is 0.481 e. The number of hydrogen-bond acceptors (Lipinski definition) is 8. The van der Waals surface area contributed by atoms with Crippen LogP contribution in [0, 0.1) is 5.92 Å². The van der Waals surface area contributed by atoms with Crippen molar-refractivity contribution < 1.29 is 14.6 Å². The molecule has 0 spiro atoms. The molecule has 1 aliphatic rings. The van der Waals surface area contributed by atoms with E-state index in [-0.39, 0.29) is 12.3 Å². The number of nitrogens with zero attached hydrogens (tertiary/aromatic N) is 6. The number of aromatic nitrogens is 5. The Morgan fingerprint density at radius 1 is 1.07 bits per heavy atom. The number of halogens is 2. The van der Waals surface area contributed by atoms with Crippen molar-refractivity contribution in [1.82, 2.24) is 29.4 Å². The number of anilines is 1. The van der Waals surface area contributed by atoms with Crippen molar-refractivity contribution >= 4 is 35.1 Å². The summed E-state index contributed by atoms with van der Waals surface area (Å²) >= 11 is 12.6. The van der Waals surface area contributed by atoms with Gasteiger partial charge in [-0.2, -0.15) is 0 Å². The number of carbonyl (C=O) groups is 1. The van der Waals surface area contributed by atoms with Gasteiger partial charge in [-0.15, -0.1) is 0 Å². The van der Waals surface area contributed by atoms with Crippen molar-refractivity contribution in [2.75, 3.05) is 25.0 Å². The van der Waals surface area contributed by atoms with Gasteiger partial charge in [-0.3, -0.25) is 9.69 Å². The van der Waals surface area contributed by atoms with Gasteiger partial charge in [0.05, 0.1) is 24.4 Å². The van der Waals surface area contributed by atoms with Gasteiger partial charge in [0.2, 0.25) is 11.8 Å². The van der Waals surface area contributed by atoms with Gasteiger partial charge in [0.25, 0.3) is 0 Å². The van der Waals surface area contributed by atoms with E-state index in [4.69, 9.17) is 38.0 Å². The Morgan fingerprint density at radius 3 is 2.51 bits per heavy atom. The number of piperidine rings is 1. The number of imidazole rings is 1. The molecule has 0 unspecified atom stereocenters. The van der Waals surface area contributed by atoms with E-state index >= 15 is 0 Å². The Morgan fingerprint density at radius 2 is 1.83 bits per heavy atom. The number of rotatable bonds is 12. The number of carboxylic acids is 1. The monoisotopic (exact) mass is 595 g/mol. The molecule has 4 heterocycles. The molecule has 4 aromatic rings. The van der Waals surface area contributed by atoms with Gasteiger partial charge in [-0.1, -0.05) is 23.2 Å². The van der Waals surface area contributed by atoms with E-state index in [0.717, 1.165) is 56.6 Å². The van der Waals surface area contributed by atoms with Gasteiger partial charge in [0.1, 0.15) is 0 Å². The highest BCUT2D eigenvalue weighted by molar-refractivity contribution is 6.35. The molecule has 0 aliphatic carbocycles. The molecule has 0 atom stereocenters. The van der Waals surface area contributed by atoms with E-state index < -0.39 is 5.97 Å². The van der Waals surface area contributed by atoms with Gasteiger partial charge < -0.3 is 19.7 Å². The van der Waals surface area contributed by atoms with E-state index in [1.165, 1.54) is 0 Å². The molecule has 41 heavy (non-hydrogen) atoms. The zero-order valence-electron chi connectivity index (χ0n) is 22.4. The fourth-order valence-electron chi connectivity index (χ4n) is 4.87. The van der Waals surface area contributed by atoms with Crippen LogP contribution in [-0.4, -0.2) is 60.1 Å². The van der Waals surface area contributed by atoms with E-state index in [2.05, 4.69) is 25.2 Å². The molecule has 1 fully saturated rings. The number of ether oxygens (including phenoxy) is 1. The molecular weight excluding hydrogens is 565 g/mol. The minimum atomic E-state index is -0.734. The van der Waals surface area contributed by atoms with Crippen LogP contribution >= 0.6 is 23.2 Å². The topological polar surface area (TPSA) is 118 Å². The van der Waals surface area contributed by atoms with Crippen molar-refractivity contribution in [3.05, 3.63) is 77.1 Å². The summed E-state index contributed by atoms with van der Waals surface area (Å²) in [6, 6.07) is 9.22. The van der Waals surface area contributed by atoms with Gasteiger partial charge in [0, 0.05) is 60.1 Å². The summed E-state index contributed by atoms with van der Waals surface area (Å²) in [6.07, 6.45) is 11.6. The van der Waals surface area contributed by atoms with E-state index in [1.807, 2.05) is 35.0 Å². The summed E-state index contributed by atoms with van der Waals surface area (Å²) in [5, 5.41) is 13.4. The fourth-order valence-corrected chi connectivity index (χ4v) is 5.39. The Hall–Kier alpha value is -3.73. The maximum Gasteiger partial charge on any atom is 0.303 e. The molecule has 0 bridgehead atoms. The maximum absolute atomic E-state index is 11.1. The summed E-state index contributed by atoms with van der Waals surface area (Å²) in [7, 11) is 0. The Kier molecular flexibility index (Phi) is 9.66. The molecule has 214 valence electrons. The van der Waals surface area contributed by atoms with Crippen LogP contribution in [0.4, 0.5) is 5.95 Å². The number of benzene rings is 1. The standard InChI is InChI=1S/C29H31Cl2N7O3/c30-23-13-22(14-24(31)15-23)26-10-21(18-37-7-2-20(3-8-37)12-28(39)40)11-27(36-26)41-25-16-34-29(35-17-25)33-4-1-6-38-9-5-32-19-38/h5,9-11,13-17,19-20H,1-4,6-8,12,18H2,(H,39,40)(H,33,34,35). The second kappa shape index (κ2) is 13.8. The zero-order valence-corrected chi connectivity index (χ0v) is 23.9. The number of pyridine rings is 1. The number of aryl methyl sites for hydroxylation is 1. The predicted octanol–water partition coefficient (Wildman–Crippen LogP) is 6.02. The first-order valence-corrected chi connectivity index (χ1v) is 14.3. The van der Waals surface area contributed by atoms with Crippen LogP contribution in [0.15, 0.2) is 61.4 Å². The molecule has 0 saturated carbocycles. The highest BCUT2D eigenvalue weighted by Gasteiger charge is 2.22. The molecule has 0 amide bonds. The Labute approximate surface area is 248 Å². The summed E-state index contributed by atoms with van der Waals surface area (Å²) < 4.78 is 8.12. The third-order valence-electron chi connectivity index (χ3n) is 6.88. The van der Waals surface area contributed by atoms with E-state index in [1.54, 1.807) is 31.0 Å². The summed E-state index contributed by atoms with van der Waals surface area (Å²) in [6.45, 7) is 3.93. The third-order valence-corrected chi connectivity index (χ3v) is 7.32. The molecule has 1 aliphatic heterocycles. The maximum atomic E-state index is 11.1. The lowest BCUT2D eigenvalue weighted by Crippen LogP contribution is -2.33. The van der Waals surface area contributed by atoms with Crippen molar-refractivity contribution in [1.29, 1.82) is 0 Å². The normalized spacial score (nSPS) is 14.2. The molecular formula is C29H31Cl2N7O3. The molecule has 12 heteroatoms. The molecule has 0 radical (unpaired) electrons. The third kappa shape index (κ3) is 8.63. The number of carboxylic acid groups (broad SMARTS) is 1. The van der Waals surface area contributed by atoms with Gasteiger partial charge in [-0.25, -0.2) is 19.9 Å². The van der Waals surface area contributed by atoms with Gasteiger partial charge >= 0.3 is 5.97 Å². The minimum Gasteiger partial charge on any atom is -0.481 e. The number of hydrogen-bond donors (Lipinski definition) is 2. The molecule has 1 aromatic carbocycles. The quantitative estimate of drug-likeness (QED) is 0.189. The Balaban J connectivity index is 1.27. The zero-order chi connectivity index (χ0) is 28.6. The van der Waals surface area contributed by atoms with Crippen LogP contribution in [-0.2, 0) is 17.9 Å². The first kappa shape index (κ1) is 28.8. The van der Waals surface area contributed by atoms with Crippen LogP contribution in [0.25, 0.3) is 11.3 Å². The first-order valence-electron chi connectivity index (χ1n) is 13.5. The lowest BCUT2D eigenvalue weighted by molar-refractivity contribution is -0.138. The van der Waals surface area contributed by atoms with Crippen molar-refractivity contribution in [2.24, 2.45) is 5.92 Å². The van der Waals surface area contributed by atoms with Crippen molar-refractivity contribution in [3.8, 4) is 22.9 Å². The smallest absolute Gasteiger partial charge is 0.303 e. The molecule has 2 N–H and O–H groups in total. The average molecular weight is 597 g/mol. The van der Waals surface area contributed by atoms with E-state index in [0.29, 0.717) is 39.9 Å². The lowest BCUT2D eigenvalue weighted by Gasteiger charge is -2.31. The van der Waals surface area contributed by atoms with Gasteiger partial charge in [-0.05, 0) is 68.1 Å². The summed E-state index contributed by atoms with van der Waals surface area (Å²) in [4.78, 5) is 30.9. The summed E-state index contributed by atoms with van der Waals surface area (Å²) in [5.41, 5.74) is 2.47. The molecule has 10 nitrogen and oxygen atoms in total. The van der Waals surface area contributed by atoms with E-state index in [9.17, 15) is 4.79 Å². The fraction of sp³-hybridized carbons (Fsp3) is 0.345. The SMILES string of the molecule is O=C(O)CC1CCN(Cc2cc(Oc3cnc(NCCCn4ccnc4)nc3)nc(-c3cc(Cl)cc(Cl)c3)c2)CC1. The molecule has 1 saturated heterocycles.